The molecule has 1 aromatic carbocycles. The van der Waals surface area contributed by atoms with E-state index in [2.05, 4.69) is 50.9 Å². The van der Waals surface area contributed by atoms with Crippen molar-refractivity contribution >= 4 is 11.4 Å². The van der Waals surface area contributed by atoms with Crippen LogP contribution in [0.2, 0.25) is 0 Å². The SMILES string of the molecule is CC(=Nc1c(C(C)C)cccc1C(C)C)c1cccc(=O)[nH]1. The van der Waals surface area contributed by atoms with Crippen LogP contribution in [0.15, 0.2) is 46.2 Å². The van der Waals surface area contributed by atoms with Crippen molar-refractivity contribution in [1.82, 2.24) is 4.98 Å². The zero-order valence-corrected chi connectivity index (χ0v) is 14.0. The molecule has 116 valence electrons. The van der Waals surface area contributed by atoms with Gasteiger partial charge in [0.2, 0.25) is 5.56 Å². The van der Waals surface area contributed by atoms with Crippen LogP contribution in [0.1, 0.15) is 63.3 Å². The second kappa shape index (κ2) is 6.73. The summed E-state index contributed by atoms with van der Waals surface area (Å²) in [6, 6.07) is 11.5. The molecule has 0 radical (unpaired) electrons. The Morgan fingerprint density at radius 3 is 2.00 bits per heavy atom. The third-order valence-corrected chi connectivity index (χ3v) is 3.78. The van der Waals surface area contributed by atoms with Gasteiger partial charge >= 0.3 is 0 Å². The molecule has 0 atom stereocenters. The zero-order valence-electron chi connectivity index (χ0n) is 14.0. The maximum atomic E-state index is 11.5. The quantitative estimate of drug-likeness (QED) is 0.812. The molecule has 0 amide bonds. The highest BCUT2D eigenvalue weighted by Crippen LogP contribution is 2.35. The molecule has 3 heteroatoms. The van der Waals surface area contributed by atoms with E-state index in [1.807, 2.05) is 13.0 Å². The minimum absolute atomic E-state index is 0.103. The Morgan fingerprint density at radius 1 is 0.955 bits per heavy atom. The number of aromatic amines is 1. The molecular formula is C19H24N2O. The Morgan fingerprint density at radius 2 is 1.50 bits per heavy atom. The van der Waals surface area contributed by atoms with Crippen molar-refractivity contribution in [2.45, 2.75) is 46.5 Å². The molecule has 3 nitrogen and oxygen atoms in total. The van der Waals surface area contributed by atoms with Crippen molar-refractivity contribution in [2.75, 3.05) is 0 Å². The van der Waals surface area contributed by atoms with E-state index in [9.17, 15) is 4.79 Å². The minimum atomic E-state index is -0.103. The molecule has 0 saturated carbocycles. The number of benzene rings is 1. The van der Waals surface area contributed by atoms with Crippen LogP contribution in [0.5, 0.6) is 0 Å². The zero-order chi connectivity index (χ0) is 16.3. The van der Waals surface area contributed by atoms with Crippen LogP contribution in [-0.4, -0.2) is 10.7 Å². The van der Waals surface area contributed by atoms with Gasteiger partial charge in [0.15, 0.2) is 0 Å². The standard InChI is InChI=1S/C19H24N2O/c1-12(2)15-8-6-9-16(13(3)4)19(15)20-14(5)17-10-7-11-18(22)21-17/h6-13H,1-5H3,(H,21,22). The van der Waals surface area contributed by atoms with Crippen LogP contribution >= 0.6 is 0 Å². The van der Waals surface area contributed by atoms with E-state index in [-0.39, 0.29) is 5.56 Å². The van der Waals surface area contributed by atoms with E-state index < -0.39 is 0 Å². The molecule has 1 heterocycles. The van der Waals surface area contributed by atoms with Crippen LogP contribution in [0.25, 0.3) is 0 Å². The lowest BCUT2D eigenvalue weighted by atomic mass is 9.93. The Bertz CT molecular complexity index is 713. The van der Waals surface area contributed by atoms with Gasteiger partial charge in [0.25, 0.3) is 0 Å². The molecule has 0 spiro atoms. The van der Waals surface area contributed by atoms with Crippen molar-refractivity contribution in [3.63, 3.8) is 0 Å². The average Bonchev–Trinajstić information content (AvgIpc) is 2.46. The minimum Gasteiger partial charge on any atom is -0.321 e. The fourth-order valence-corrected chi connectivity index (χ4v) is 2.53. The third-order valence-electron chi connectivity index (χ3n) is 3.78. The number of rotatable bonds is 4. The van der Waals surface area contributed by atoms with Gasteiger partial charge in [-0.2, -0.15) is 0 Å². The average molecular weight is 296 g/mol. The highest BCUT2D eigenvalue weighted by Gasteiger charge is 2.13. The predicted octanol–water partition coefficient (Wildman–Crippen LogP) is 4.76. The number of hydrogen-bond acceptors (Lipinski definition) is 2. The normalized spacial score (nSPS) is 12.2. The highest BCUT2D eigenvalue weighted by molar-refractivity contribution is 5.99. The monoisotopic (exact) mass is 296 g/mol. The number of aromatic nitrogens is 1. The van der Waals surface area contributed by atoms with Crippen molar-refractivity contribution in [2.24, 2.45) is 4.99 Å². The summed E-state index contributed by atoms with van der Waals surface area (Å²) in [5.41, 5.74) is 5.00. The molecule has 0 aliphatic rings. The van der Waals surface area contributed by atoms with Crippen molar-refractivity contribution < 1.29 is 0 Å². The number of aliphatic imine (C=N–C) groups is 1. The molecule has 0 aliphatic heterocycles. The van der Waals surface area contributed by atoms with Gasteiger partial charge in [-0.1, -0.05) is 52.0 Å². The van der Waals surface area contributed by atoms with Gasteiger partial charge in [0.1, 0.15) is 0 Å². The smallest absolute Gasteiger partial charge is 0.248 e. The fraction of sp³-hybridized carbons (Fsp3) is 0.368. The van der Waals surface area contributed by atoms with Gasteiger partial charge in [-0.3, -0.25) is 9.79 Å². The molecule has 0 bridgehead atoms. The van der Waals surface area contributed by atoms with Crippen molar-refractivity contribution in [1.29, 1.82) is 0 Å². The molecule has 0 fully saturated rings. The first-order chi connectivity index (χ1) is 10.4. The van der Waals surface area contributed by atoms with Crippen molar-refractivity contribution in [3.8, 4) is 0 Å². The summed E-state index contributed by atoms with van der Waals surface area (Å²) in [7, 11) is 0. The predicted molar refractivity (Wildman–Crippen MR) is 93.6 cm³/mol. The number of para-hydroxylation sites is 1. The Kier molecular flexibility index (Phi) is 4.96. The van der Waals surface area contributed by atoms with Gasteiger partial charge < -0.3 is 4.98 Å². The van der Waals surface area contributed by atoms with E-state index in [1.165, 1.54) is 17.2 Å². The summed E-state index contributed by atoms with van der Waals surface area (Å²) in [4.78, 5) is 19.2. The van der Waals surface area contributed by atoms with E-state index in [1.54, 1.807) is 6.07 Å². The maximum absolute atomic E-state index is 11.5. The van der Waals surface area contributed by atoms with E-state index >= 15 is 0 Å². The van der Waals surface area contributed by atoms with Crippen LogP contribution < -0.4 is 5.56 Å². The highest BCUT2D eigenvalue weighted by atomic mass is 16.1. The first kappa shape index (κ1) is 16.2. The van der Waals surface area contributed by atoms with Gasteiger partial charge in [-0.25, -0.2) is 0 Å². The summed E-state index contributed by atoms with van der Waals surface area (Å²) in [5, 5.41) is 0. The summed E-state index contributed by atoms with van der Waals surface area (Å²) < 4.78 is 0. The van der Waals surface area contributed by atoms with E-state index in [0.717, 1.165) is 17.1 Å². The molecule has 0 aliphatic carbocycles. The Labute approximate surface area is 132 Å². The first-order valence-corrected chi connectivity index (χ1v) is 7.78. The fourth-order valence-electron chi connectivity index (χ4n) is 2.53. The van der Waals surface area contributed by atoms with E-state index in [4.69, 9.17) is 4.99 Å². The van der Waals surface area contributed by atoms with E-state index in [0.29, 0.717) is 11.8 Å². The summed E-state index contributed by atoms with van der Waals surface area (Å²) in [5.74, 6) is 0.806. The molecule has 1 aromatic heterocycles. The summed E-state index contributed by atoms with van der Waals surface area (Å²) >= 11 is 0. The Balaban J connectivity index is 2.60. The van der Waals surface area contributed by atoms with Gasteiger partial charge in [-0.05, 0) is 36.0 Å². The van der Waals surface area contributed by atoms with Gasteiger partial charge in [0, 0.05) is 6.07 Å². The lowest BCUT2D eigenvalue weighted by molar-refractivity contribution is 0.834. The lowest BCUT2D eigenvalue weighted by Crippen LogP contribution is -2.10. The number of pyridine rings is 1. The molecular weight excluding hydrogens is 272 g/mol. The van der Waals surface area contributed by atoms with Gasteiger partial charge in [-0.15, -0.1) is 0 Å². The summed E-state index contributed by atoms with van der Waals surface area (Å²) in [6.45, 7) is 10.7. The molecule has 2 aromatic rings. The van der Waals surface area contributed by atoms with Gasteiger partial charge in [0.05, 0.1) is 17.1 Å². The molecule has 2 rings (SSSR count). The van der Waals surface area contributed by atoms with Crippen LogP contribution in [0, 0.1) is 0 Å². The van der Waals surface area contributed by atoms with Crippen molar-refractivity contribution in [3.05, 3.63) is 63.6 Å². The number of hydrogen-bond donors (Lipinski definition) is 1. The number of H-pyrrole nitrogens is 1. The first-order valence-electron chi connectivity index (χ1n) is 7.78. The molecule has 0 saturated heterocycles. The van der Waals surface area contributed by atoms with Crippen LogP contribution in [0.4, 0.5) is 5.69 Å². The second-order valence-corrected chi connectivity index (χ2v) is 6.22. The lowest BCUT2D eigenvalue weighted by Gasteiger charge is -2.17. The molecule has 22 heavy (non-hydrogen) atoms. The molecule has 1 N–H and O–H groups in total. The second-order valence-electron chi connectivity index (χ2n) is 6.22. The van der Waals surface area contributed by atoms with Crippen LogP contribution in [-0.2, 0) is 0 Å². The molecule has 0 unspecified atom stereocenters. The maximum Gasteiger partial charge on any atom is 0.248 e. The Hall–Kier alpha value is -2.16. The largest absolute Gasteiger partial charge is 0.321 e. The summed E-state index contributed by atoms with van der Waals surface area (Å²) in [6.07, 6.45) is 0. The number of nitrogens with zero attached hydrogens (tertiary/aromatic N) is 1. The topological polar surface area (TPSA) is 45.2 Å². The number of nitrogens with one attached hydrogen (secondary N) is 1. The third kappa shape index (κ3) is 3.53. The van der Waals surface area contributed by atoms with Crippen LogP contribution in [0.3, 0.4) is 0 Å².